The third kappa shape index (κ3) is 6.12. The summed E-state index contributed by atoms with van der Waals surface area (Å²) in [5.41, 5.74) is 4.56. The van der Waals surface area contributed by atoms with E-state index in [0.29, 0.717) is 12.8 Å². The first-order valence-electron chi connectivity index (χ1n) is 11.4. The quantitative estimate of drug-likeness (QED) is 0.498. The molecule has 1 unspecified atom stereocenters. The molecule has 0 aliphatic heterocycles. The molecule has 0 radical (unpaired) electrons. The summed E-state index contributed by atoms with van der Waals surface area (Å²) in [5, 5.41) is 14.6. The zero-order valence-corrected chi connectivity index (χ0v) is 19.3. The van der Waals surface area contributed by atoms with Crippen LogP contribution >= 0.6 is 0 Å². The first-order valence-corrected chi connectivity index (χ1v) is 11.4. The first kappa shape index (κ1) is 24.3. The lowest BCUT2D eigenvalue weighted by atomic mass is 9.98. The predicted molar refractivity (Wildman–Crippen MR) is 126 cm³/mol. The molecule has 2 amide bonds. The number of nitrogens with one attached hydrogen (secondary N) is 2. The van der Waals surface area contributed by atoms with Crippen LogP contribution in [0.15, 0.2) is 48.5 Å². The fraction of sp³-hybridized carbons (Fsp3) is 0.423. The Labute approximate surface area is 194 Å². The summed E-state index contributed by atoms with van der Waals surface area (Å²) in [4.78, 5) is 36.2. The average Bonchev–Trinajstić information content (AvgIpc) is 3.10. The molecule has 7 heteroatoms. The lowest BCUT2D eigenvalue weighted by molar-refractivity contribution is -0.142. The van der Waals surface area contributed by atoms with Gasteiger partial charge in [0.1, 0.15) is 12.6 Å². The molecule has 176 valence electrons. The molecular formula is C26H32N2O5. The second-order valence-electron chi connectivity index (χ2n) is 8.87. The number of hydrogen-bond acceptors (Lipinski definition) is 4. The number of hydrogen-bond donors (Lipinski definition) is 3. The predicted octanol–water partition coefficient (Wildman–Crippen LogP) is 4.31. The average molecular weight is 453 g/mol. The van der Waals surface area contributed by atoms with Gasteiger partial charge in [0.05, 0.1) is 0 Å². The van der Waals surface area contributed by atoms with Crippen molar-refractivity contribution in [1.82, 2.24) is 10.6 Å². The summed E-state index contributed by atoms with van der Waals surface area (Å²) in [7, 11) is 0. The molecule has 7 nitrogen and oxygen atoms in total. The number of carboxylic acids is 1. The molecule has 0 spiro atoms. The number of benzene rings is 2. The Bertz CT molecular complexity index is 958. The summed E-state index contributed by atoms with van der Waals surface area (Å²) in [6.07, 6.45) is 0.258. The molecule has 1 aliphatic carbocycles. The maximum absolute atomic E-state index is 12.5. The lowest BCUT2D eigenvalue weighted by Crippen LogP contribution is -2.45. The Kier molecular flexibility index (Phi) is 8.09. The van der Waals surface area contributed by atoms with Crippen LogP contribution in [0.25, 0.3) is 11.1 Å². The smallest absolute Gasteiger partial charge is 0.407 e. The second-order valence-corrected chi connectivity index (χ2v) is 8.87. The number of ether oxygens (including phenoxy) is 1. The summed E-state index contributed by atoms with van der Waals surface area (Å²) in [5.74, 6) is -1.38. The van der Waals surface area contributed by atoms with Crippen molar-refractivity contribution < 1.29 is 24.2 Å². The van der Waals surface area contributed by atoms with Gasteiger partial charge in [0.2, 0.25) is 5.91 Å². The molecule has 33 heavy (non-hydrogen) atoms. The van der Waals surface area contributed by atoms with Crippen LogP contribution in [0.2, 0.25) is 0 Å². The largest absolute Gasteiger partial charge is 0.480 e. The van der Waals surface area contributed by atoms with Crippen LogP contribution in [0.3, 0.4) is 0 Å². The van der Waals surface area contributed by atoms with Crippen molar-refractivity contribution in [3.05, 3.63) is 59.7 Å². The van der Waals surface area contributed by atoms with E-state index in [9.17, 15) is 19.5 Å². The number of carboxylic acid groups (broad SMARTS) is 1. The molecule has 0 aromatic heterocycles. The van der Waals surface area contributed by atoms with E-state index in [0.717, 1.165) is 22.3 Å². The number of carbonyl (C=O) groups excluding carboxylic acids is 2. The van der Waals surface area contributed by atoms with Crippen molar-refractivity contribution in [2.45, 2.75) is 58.0 Å². The Morgan fingerprint density at radius 2 is 1.55 bits per heavy atom. The molecule has 0 bridgehead atoms. The minimum atomic E-state index is -1.06. The van der Waals surface area contributed by atoms with Gasteiger partial charge in [-0.05, 0) is 41.0 Å². The molecule has 2 aromatic rings. The Hall–Kier alpha value is -3.35. The van der Waals surface area contributed by atoms with E-state index in [-0.39, 0.29) is 24.9 Å². The van der Waals surface area contributed by atoms with Gasteiger partial charge in [-0.3, -0.25) is 4.79 Å². The lowest BCUT2D eigenvalue weighted by Gasteiger charge is -2.20. The van der Waals surface area contributed by atoms with Crippen LogP contribution in [0.5, 0.6) is 0 Å². The maximum Gasteiger partial charge on any atom is 0.407 e. The highest BCUT2D eigenvalue weighted by molar-refractivity contribution is 5.84. The number of amides is 2. The van der Waals surface area contributed by atoms with E-state index in [1.54, 1.807) is 0 Å². The second kappa shape index (κ2) is 11.0. The SMILES string of the molecule is CC[C@H](CC(=O)NC(CC(C)C)C(=O)O)NC(=O)OCC1c2ccccc2-c2ccccc21. The highest BCUT2D eigenvalue weighted by Crippen LogP contribution is 2.44. The van der Waals surface area contributed by atoms with Gasteiger partial charge in [0.15, 0.2) is 0 Å². The number of rotatable bonds is 10. The molecular weight excluding hydrogens is 420 g/mol. The highest BCUT2D eigenvalue weighted by Gasteiger charge is 2.29. The fourth-order valence-electron chi connectivity index (χ4n) is 4.27. The molecule has 2 aromatic carbocycles. The summed E-state index contributed by atoms with van der Waals surface area (Å²) >= 11 is 0. The number of alkyl carbamates (subject to hydrolysis) is 1. The standard InChI is InChI=1S/C26H32N2O5/c1-4-17(14-24(29)28-23(25(30)31)13-16(2)3)27-26(32)33-15-22-20-11-7-5-9-18(20)19-10-6-8-12-21(19)22/h5-12,16-17,22-23H,4,13-15H2,1-3H3,(H,27,32)(H,28,29)(H,30,31)/t17-,23?/m1/s1. The van der Waals surface area contributed by atoms with Crippen molar-refractivity contribution in [1.29, 1.82) is 0 Å². The molecule has 1 aliphatic rings. The third-order valence-corrected chi connectivity index (χ3v) is 5.93. The monoisotopic (exact) mass is 452 g/mol. The topological polar surface area (TPSA) is 105 Å². The molecule has 0 fully saturated rings. The van der Waals surface area contributed by atoms with E-state index in [2.05, 4.69) is 34.9 Å². The normalized spacial score (nSPS) is 14.2. The van der Waals surface area contributed by atoms with Crippen LogP contribution in [0.1, 0.15) is 57.1 Å². The van der Waals surface area contributed by atoms with Crippen LogP contribution in [-0.4, -0.2) is 41.8 Å². The van der Waals surface area contributed by atoms with Crippen LogP contribution in [0.4, 0.5) is 4.79 Å². The number of aliphatic carboxylic acids is 1. The molecule has 3 N–H and O–H groups in total. The van der Waals surface area contributed by atoms with Crippen LogP contribution in [0, 0.1) is 5.92 Å². The summed E-state index contributed by atoms with van der Waals surface area (Å²) < 4.78 is 5.55. The van der Waals surface area contributed by atoms with Gasteiger partial charge in [-0.2, -0.15) is 0 Å². The van der Waals surface area contributed by atoms with Gasteiger partial charge < -0.3 is 20.5 Å². The van der Waals surface area contributed by atoms with Crippen molar-refractivity contribution in [3.63, 3.8) is 0 Å². The van der Waals surface area contributed by atoms with E-state index in [4.69, 9.17) is 4.74 Å². The number of carbonyl (C=O) groups is 3. The molecule has 0 saturated heterocycles. The van der Waals surface area contributed by atoms with Crippen molar-refractivity contribution in [2.24, 2.45) is 5.92 Å². The Morgan fingerprint density at radius 3 is 2.06 bits per heavy atom. The van der Waals surface area contributed by atoms with Crippen LogP contribution < -0.4 is 10.6 Å². The van der Waals surface area contributed by atoms with Gasteiger partial charge in [0, 0.05) is 18.4 Å². The molecule has 3 rings (SSSR count). The first-order chi connectivity index (χ1) is 15.8. The van der Waals surface area contributed by atoms with E-state index in [1.807, 2.05) is 45.0 Å². The zero-order chi connectivity index (χ0) is 24.0. The fourth-order valence-corrected chi connectivity index (χ4v) is 4.27. The highest BCUT2D eigenvalue weighted by atomic mass is 16.5. The minimum absolute atomic E-state index is 0.0113. The Balaban J connectivity index is 1.55. The van der Waals surface area contributed by atoms with Crippen molar-refractivity contribution in [2.75, 3.05) is 6.61 Å². The van der Waals surface area contributed by atoms with Gasteiger partial charge in [-0.25, -0.2) is 9.59 Å². The van der Waals surface area contributed by atoms with Crippen molar-refractivity contribution >= 4 is 18.0 Å². The van der Waals surface area contributed by atoms with Crippen molar-refractivity contribution in [3.8, 4) is 11.1 Å². The summed E-state index contributed by atoms with van der Waals surface area (Å²) in [6.45, 7) is 5.84. The molecule has 0 saturated carbocycles. The van der Waals surface area contributed by atoms with Gasteiger partial charge in [-0.1, -0.05) is 69.3 Å². The minimum Gasteiger partial charge on any atom is -0.480 e. The third-order valence-electron chi connectivity index (χ3n) is 5.93. The zero-order valence-electron chi connectivity index (χ0n) is 19.3. The van der Waals surface area contributed by atoms with Gasteiger partial charge in [0.25, 0.3) is 0 Å². The maximum atomic E-state index is 12.5. The van der Waals surface area contributed by atoms with Crippen LogP contribution in [-0.2, 0) is 14.3 Å². The van der Waals surface area contributed by atoms with E-state index >= 15 is 0 Å². The molecule has 2 atom stereocenters. The van der Waals surface area contributed by atoms with E-state index in [1.165, 1.54) is 0 Å². The van der Waals surface area contributed by atoms with E-state index < -0.39 is 30.1 Å². The summed E-state index contributed by atoms with van der Waals surface area (Å²) in [6, 6.07) is 14.8. The van der Waals surface area contributed by atoms with Gasteiger partial charge >= 0.3 is 12.1 Å². The van der Waals surface area contributed by atoms with Gasteiger partial charge in [-0.15, -0.1) is 0 Å². The molecule has 0 heterocycles. The Morgan fingerprint density at radius 1 is 0.970 bits per heavy atom. The number of fused-ring (bicyclic) bond motifs is 3.